The van der Waals surface area contributed by atoms with E-state index in [2.05, 4.69) is 4.98 Å². The molecule has 0 aliphatic carbocycles. The molecule has 2 aromatic rings. The molecule has 5 N–H and O–H groups in total. The monoisotopic (exact) mass is 207 g/mol. The first kappa shape index (κ1) is 9.39. The average Bonchev–Trinajstić information content (AvgIpc) is 2.58. The molecule has 0 radical (unpaired) electrons. The van der Waals surface area contributed by atoms with Gasteiger partial charge in [-0.05, 0) is 12.1 Å². The van der Waals surface area contributed by atoms with E-state index in [1.807, 2.05) is 0 Å². The predicted octanol–water partition coefficient (Wildman–Crippen LogP) is 2.11. The van der Waals surface area contributed by atoms with Gasteiger partial charge >= 0.3 is 0 Å². The summed E-state index contributed by atoms with van der Waals surface area (Å²) in [5.41, 5.74) is 10.9. The van der Waals surface area contributed by atoms with Crippen molar-refractivity contribution in [2.45, 2.75) is 0 Å². The second kappa shape index (κ2) is 3.53. The van der Waals surface area contributed by atoms with Gasteiger partial charge in [0.25, 0.3) is 0 Å². The lowest BCUT2D eigenvalue weighted by molar-refractivity contribution is 0.478. The van der Waals surface area contributed by atoms with Gasteiger partial charge in [0.05, 0.1) is 5.69 Å². The first-order valence-corrected chi connectivity index (χ1v) is 4.32. The van der Waals surface area contributed by atoms with Crippen LogP contribution in [0.4, 0.5) is 15.9 Å². The number of hydrogen-bond acceptors (Lipinski definition) is 3. The van der Waals surface area contributed by atoms with Gasteiger partial charge in [-0.3, -0.25) is 0 Å². The Balaban J connectivity index is 2.21. The van der Waals surface area contributed by atoms with Crippen LogP contribution in [0.1, 0.15) is 0 Å². The molecule has 0 saturated heterocycles. The average molecular weight is 207 g/mol. The summed E-state index contributed by atoms with van der Waals surface area (Å²) in [4.78, 5) is 2.75. The quantitative estimate of drug-likeness (QED) is 0.660. The molecule has 4 nitrogen and oxygen atoms in total. The first-order chi connectivity index (χ1) is 7.15. The van der Waals surface area contributed by atoms with Crippen molar-refractivity contribution >= 4 is 11.5 Å². The van der Waals surface area contributed by atoms with Gasteiger partial charge in [-0.25, -0.2) is 4.39 Å². The molecular weight excluding hydrogens is 197 g/mol. The van der Waals surface area contributed by atoms with E-state index in [-0.39, 0.29) is 5.69 Å². The van der Waals surface area contributed by atoms with Crippen LogP contribution in [0.2, 0.25) is 0 Å². The maximum Gasteiger partial charge on any atom is 0.149 e. The van der Waals surface area contributed by atoms with Crippen LogP contribution in [-0.2, 0) is 0 Å². The Morgan fingerprint density at radius 1 is 1.13 bits per heavy atom. The Hall–Kier alpha value is -2.17. The number of hydrogen-bond donors (Lipinski definition) is 3. The number of ether oxygens (including phenoxy) is 1. The van der Waals surface area contributed by atoms with Crippen LogP contribution in [0.3, 0.4) is 0 Å². The lowest BCUT2D eigenvalue weighted by atomic mass is 10.3. The summed E-state index contributed by atoms with van der Waals surface area (Å²) in [6.07, 6.45) is 1.59. The molecule has 0 unspecified atom stereocenters. The zero-order chi connectivity index (χ0) is 10.8. The minimum Gasteiger partial charge on any atom is -0.456 e. The predicted molar refractivity (Wildman–Crippen MR) is 56.1 cm³/mol. The first-order valence-electron chi connectivity index (χ1n) is 4.32. The molecule has 0 atom stereocenters. The number of benzene rings is 1. The highest BCUT2D eigenvalue weighted by Crippen LogP contribution is 2.25. The van der Waals surface area contributed by atoms with E-state index in [4.69, 9.17) is 16.2 Å². The molecule has 0 spiro atoms. The summed E-state index contributed by atoms with van der Waals surface area (Å²) >= 11 is 0. The second-order valence-electron chi connectivity index (χ2n) is 3.08. The number of halogens is 1. The number of nitrogen functional groups attached to an aromatic ring is 2. The van der Waals surface area contributed by atoms with E-state index in [1.54, 1.807) is 18.3 Å². The summed E-state index contributed by atoms with van der Waals surface area (Å²) in [5, 5.41) is 0. The highest BCUT2D eigenvalue weighted by Gasteiger charge is 2.03. The lowest BCUT2D eigenvalue weighted by Crippen LogP contribution is -1.91. The smallest absolute Gasteiger partial charge is 0.149 e. The molecule has 2 rings (SSSR count). The number of nitrogens with one attached hydrogen (secondary N) is 1. The Morgan fingerprint density at radius 2 is 1.93 bits per heavy atom. The molecule has 1 heterocycles. The van der Waals surface area contributed by atoms with Crippen molar-refractivity contribution in [1.82, 2.24) is 4.98 Å². The van der Waals surface area contributed by atoms with E-state index in [9.17, 15) is 4.39 Å². The van der Waals surface area contributed by atoms with Crippen molar-refractivity contribution in [3.8, 4) is 11.5 Å². The van der Waals surface area contributed by atoms with Crippen molar-refractivity contribution in [3.63, 3.8) is 0 Å². The Labute approximate surface area is 85.7 Å². The molecule has 0 saturated carbocycles. The summed E-state index contributed by atoms with van der Waals surface area (Å²) in [7, 11) is 0. The van der Waals surface area contributed by atoms with Gasteiger partial charge in [-0.1, -0.05) is 0 Å². The summed E-state index contributed by atoms with van der Waals surface area (Å²) in [5.74, 6) is 0.884. The number of H-pyrrole nitrogens is 1. The minimum absolute atomic E-state index is 0.0935. The van der Waals surface area contributed by atoms with Crippen LogP contribution in [0.5, 0.6) is 11.5 Å². The van der Waals surface area contributed by atoms with Crippen molar-refractivity contribution < 1.29 is 9.13 Å². The SMILES string of the molecule is Nc1cc(Oc2ccc(N)c(F)c2)c[nH]1. The van der Waals surface area contributed by atoms with Crippen LogP contribution in [-0.4, -0.2) is 4.98 Å². The fraction of sp³-hybridized carbons (Fsp3) is 0. The van der Waals surface area contributed by atoms with Crippen LogP contribution in [0.15, 0.2) is 30.5 Å². The van der Waals surface area contributed by atoms with E-state index in [1.165, 1.54) is 12.1 Å². The van der Waals surface area contributed by atoms with Crippen LogP contribution in [0, 0.1) is 5.82 Å². The third-order valence-electron chi connectivity index (χ3n) is 1.89. The van der Waals surface area contributed by atoms with Gasteiger partial charge < -0.3 is 21.2 Å². The number of aromatic amines is 1. The zero-order valence-electron chi connectivity index (χ0n) is 7.83. The molecule has 1 aromatic heterocycles. The van der Waals surface area contributed by atoms with Gasteiger partial charge in [0.1, 0.15) is 23.1 Å². The molecule has 5 heteroatoms. The molecule has 0 bridgehead atoms. The van der Waals surface area contributed by atoms with Crippen molar-refractivity contribution in [3.05, 3.63) is 36.3 Å². The summed E-state index contributed by atoms with van der Waals surface area (Å²) < 4.78 is 18.4. The Morgan fingerprint density at radius 3 is 2.53 bits per heavy atom. The Bertz CT molecular complexity index is 481. The highest BCUT2D eigenvalue weighted by atomic mass is 19.1. The topological polar surface area (TPSA) is 77.1 Å². The largest absolute Gasteiger partial charge is 0.456 e. The molecular formula is C10H10FN3O. The number of anilines is 2. The van der Waals surface area contributed by atoms with Gasteiger partial charge in [0, 0.05) is 18.3 Å². The summed E-state index contributed by atoms with van der Waals surface area (Å²) in [6, 6.07) is 5.86. The van der Waals surface area contributed by atoms with Gasteiger partial charge in [-0.15, -0.1) is 0 Å². The maximum atomic E-state index is 13.0. The summed E-state index contributed by atoms with van der Waals surface area (Å²) in [6.45, 7) is 0. The third kappa shape index (κ3) is 2.01. The van der Waals surface area contributed by atoms with Crippen LogP contribution in [0.25, 0.3) is 0 Å². The number of rotatable bonds is 2. The lowest BCUT2D eigenvalue weighted by Gasteiger charge is -2.03. The van der Waals surface area contributed by atoms with Gasteiger partial charge in [-0.2, -0.15) is 0 Å². The maximum absolute atomic E-state index is 13.0. The van der Waals surface area contributed by atoms with Crippen molar-refractivity contribution in [2.75, 3.05) is 11.5 Å². The highest BCUT2D eigenvalue weighted by molar-refractivity contribution is 5.45. The van der Waals surface area contributed by atoms with E-state index < -0.39 is 5.82 Å². The van der Waals surface area contributed by atoms with Crippen LogP contribution >= 0.6 is 0 Å². The standard InChI is InChI=1S/C10H10FN3O/c11-8-3-6(1-2-9(8)12)15-7-4-10(13)14-5-7/h1-5,14H,12-13H2. The zero-order valence-corrected chi connectivity index (χ0v) is 7.83. The number of aromatic nitrogens is 1. The molecule has 78 valence electrons. The molecule has 0 aliphatic heterocycles. The third-order valence-corrected chi connectivity index (χ3v) is 1.89. The second-order valence-corrected chi connectivity index (χ2v) is 3.08. The minimum atomic E-state index is -0.504. The molecule has 1 aromatic carbocycles. The number of nitrogens with two attached hydrogens (primary N) is 2. The van der Waals surface area contributed by atoms with Gasteiger partial charge in [0.15, 0.2) is 0 Å². The van der Waals surface area contributed by atoms with E-state index in [0.29, 0.717) is 17.3 Å². The van der Waals surface area contributed by atoms with Crippen molar-refractivity contribution in [1.29, 1.82) is 0 Å². The molecule has 0 amide bonds. The molecule has 15 heavy (non-hydrogen) atoms. The molecule has 0 fully saturated rings. The van der Waals surface area contributed by atoms with E-state index >= 15 is 0 Å². The van der Waals surface area contributed by atoms with Crippen molar-refractivity contribution in [2.24, 2.45) is 0 Å². The molecule has 0 aliphatic rings. The van der Waals surface area contributed by atoms with Crippen LogP contribution < -0.4 is 16.2 Å². The normalized spacial score (nSPS) is 10.2. The fourth-order valence-corrected chi connectivity index (χ4v) is 1.16. The fourth-order valence-electron chi connectivity index (χ4n) is 1.16. The van der Waals surface area contributed by atoms with E-state index in [0.717, 1.165) is 0 Å². The Kier molecular flexibility index (Phi) is 2.21. The van der Waals surface area contributed by atoms with Gasteiger partial charge in [0.2, 0.25) is 0 Å².